The Morgan fingerprint density at radius 3 is 2.43 bits per heavy atom. The first-order valence-electron chi connectivity index (χ1n) is 4.49. The van der Waals surface area contributed by atoms with Crippen LogP contribution in [0.5, 0.6) is 0 Å². The number of ether oxygens (including phenoxy) is 1. The highest BCUT2D eigenvalue weighted by atomic mass is 16.5. The highest BCUT2D eigenvalue weighted by molar-refractivity contribution is 5.60. The van der Waals surface area contributed by atoms with Crippen molar-refractivity contribution < 1.29 is 14.9 Å². The molecule has 0 saturated carbocycles. The first kappa shape index (κ1) is 9.45. The highest BCUT2D eigenvalue weighted by Crippen LogP contribution is 2.31. The van der Waals surface area contributed by atoms with Gasteiger partial charge in [0.25, 0.3) is 0 Å². The van der Waals surface area contributed by atoms with Crippen LogP contribution in [0.4, 0.5) is 5.69 Å². The third-order valence-electron chi connectivity index (χ3n) is 2.60. The molecule has 1 aliphatic heterocycles. The van der Waals surface area contributed by atoms with Gasteiger partial charge in [-0.2, -0.15) is 0 Å². The van der Waals surface area contributed by atoms with Gasteiger partial charge in [-0.1, -0.05) is 0 Å². The lowest BCUT2D eigenvalue weighted by Gasteiger charge is -2.11. The van der Waals surface area contributed by atoms with Crippen molar-refractivity contribution in [3.63, 3.8) is 0 Å². The van der Waals surface area contributed by atoms with Crippen LogP contribution in [0.3, 0.4) is 0 Å². The van der Waals surface area contributed by atoms with E-state index in [9.17, 15) is 0 Å². The summed E-state index contributed by atoms with van der Waals surface area (Å²) < 4.78 is 5.26. The van der Waals surface area contributed by atoms with E-state index in [1.54, 1.807) is 6.07 Å². The summed E-state index contributed by atoms with van der Waals surface area (Å²) in [5, 5.41) is 18.2. The Morgan fingerprint density at radius 1 is 1.14 bits per heavy atom. The predicted octanol–water partition coefficient (Wildman–Crippen LogP) is 0.284. The predicted molar refractivity (Wildman–Crippen MR) is 51.2 cm³/mol. The largest absolute Gasteiger partial charge is 0.398 e. The first-order valence-corrected chi connectivity index (χ1v) is 4.49. The van der Waals surface area contributed by atoms with Gasteiger partial charge in [0.1, 0.15) is 0 Å². The normalized spacial score (nSPS) is 14.4. The molecule has 0 bridgehead atoms. The fraction of sp³-hybridized carbons (Fsp3) is 0.400. The lowest BCUT2D eigenvalue weighted by atomic mass is 9.98. The minimum Gasteiger partial charge on any atom is -0.398 e. The topological polar surface area (TPSA) is 75.7 Å². The summed E-state index contributed by atoms with van der Waals surface area (Å²) in [6, 6.07) is 1.74. The van der Waals surface area contributed by atoms with Gasteiger partial charge in [-0.05, 0) is 17.2 Å². The molecule has 0 radical (unpaired) electrons. The maximum absolute atomic E-state index is 9.13. The molecule has 0 unspecified atom stereocenters. The van der Waals surface area contributed by atoms with E-state index in [1.807, 2.05) is 0 Å². The molecule has 2 rings (SSSR count). The van der Waals surface area contributed by atoms with Crippen LogP contribution in [0.1, 0.15) is 22.3 Å². The van der Waals surface area contributed by atoms with Crippen LogP contribution in [0.15, 0.2) is 6.07 Å². The molecule has 0 spiro atoms. The summed E-state index contributed by atoms with van der Waals surface area (Å²) in [5.41, 5.74) is 9.80. The van der Waals surface area contributed by atoms with Crippen LogP contribution < -0.4 is 5.73 Å². The molecular formula is C10H13NO3. The number of aliphatic hydroxyl groups excluding tert-OH is 2. The van der Waals surface area contributed by atoms with E-state index in [4.69, 9.17) is 20.7 Å². The van der Waals surface area contributed by atoms with E-state index >= 15 is 0 Å². The summed E-state index contributed by atoms with van der Waals surface area (Å²) in [5.74, 6) is 0. The molecule has 1 aliphatic rings. The summed E-state index contributed by atoms with van der Waals surface area (Å²) in [7, 11) is 0. The number of aliphatic hydroxyl groups is 2. The van der Waals surface area contributed by atoms with Gasteiger partial charge in [-0.25, -0.2) is 0 Å². The van der Waals surface area contributed by atoms with Crippen molar-refractivity contribution in [3.05, 3.63) is 28.3 Å². The molecule has 76 valence electrons. The van der Waals surface area contributed by atoms with Crippen molar-refractivity contribution in [3.8, 4) is 0 Å². The van der Waals surface area contributed by atoms with Gasteiger partial charge < -0.3 is 20.7 Å². The molecule has 0 amide bonds. The maximum Gasteiger partial charge on any atom is 0.0745 e. The van der Waals surface area contributed by atoms with E-state index in [1.165, 1.54) is 0 Å². The summed E-state index contributed by atoms with van der Waals surface area (Å²) in [6.45, 7) is 0.828. The van der Waals surface area contributed by atoms with E-state index in [-0.39, 0.29) is 13.2 Å². The minimum atomic E-state index is -0.105. The van der Waals surface area contributed by atoms with Crippen molar-refractivity contribution in [1.29, 1.82) is 0 Å². The molecule has 1 heterocycles. The van der Waals surface area contributed by atoms with Gasteiger partial charge >= 0.3 is 0 Å². The van der Waals surface area contributed by atoms with Gasteiger partial charge in [-0.15, -0.1) is 0 Å². The fourth-order valence-corrected chi connectivity index (χ4v) is 1.80. The Hall–Kier alpha value is -1.10. The Morgan fingerprint density at radius 2 is 1.79 bits per heavy atom. The number of nitrogens with two attached hydrogens (primary N) is 1. The molecule has 1 aromatic carbocycles. The van der Waals surface area contributed by atoms with E-state index < -0.39 is 0 Å². The van der Waals surface area contributed by atoms with E-state index in [0.29, 0.717) is 24.5 Å². The minimum absolute atomic E-state index is 0.0427. The molecule has 4 N–H and O–H groups in total. The quantitative estimate of drug-likeness (QED) is 0.593. The second kappa shape index (κ2) is 3.57. The number of benzene rings is 1. The molecule has 0 saturated heterocycles. The smallest absolute Gasteiger partial charge is 0.0745 e. The fourth-order valence-electron chi connectivity index (χ4n) is 1.80. The van der Waals surface area contributed by atoms with Crippen LogP contribution >= 0.6 is 0 Å². The van der Waals surface area contributed by atoms with Crippen molar-refractivity contribution in [2.24, 2.45) is 0 Å². The summed E-state index contributed by atoms with van der Waals surface area (Å²) >= 11 is 0. The Labute approximate surface area is 81.9 Å². The molecule has 0 fully saturated rings. The second-order valence-electron chi connectivity index (χ2n) is 3.37. The summed E-state index contributed by atoms with van der Waals surface area (Å²) in [6.07, 6.45) is 0. The third kappa shape index (κ3) is 1.28. The van der Waals surface area contributed by atoms with Gasteiger partial charge in [0.05, 0.1) is 26.4 Å². The van der Waals surface area contributed by atoms with Gasteiger partial charge in [0.2, 0.25) is 0 Å². The second-order valence-corrected chi connectivity index (χ2v) is 3.37. The lowest BCUT2D eigenvalue weighted by molar-refractivity contribution is 0.133. The first-order chi connectivity index (χ1) is 6.77. The number of rotatable bonds is 2. The maximum atomic E-state index is 9.13. The Bertz CT molecular complexity index is 363. The van der Waals surface area contributed by atoms with Crippen molar-refractivity contribution in [2.75, 3.05) is 5.73 Å². The number of fused-ring (bicyclic) bond motifs is 1. The third-order valence-corrected chi connectivity index (χ3v) is 2.60. The number of hydrogen-bond donors (Lipinski definition) is 3. The molecule has 0 aromatic heterocycles. The SMILES string of the molecule is Nc1c(CO)cc(CO)c2c1COC2. The van der Waals surface area contributed by atoms with Gasteiger partial charge in [0, 0.05) is 16.8 Å². The number of anilines is 1. The van der Waals surface area contributed by atoms with E-state index in [2.05, 4.69) is 0 Å². The summed E-state index contributed by atoms with van der Waals surface area (Å²) in [4.78, 5) is 0. The van der Waals surface area contributed by atoms with Crippen LogP contribution in [-0.2, 0) is 31.2 Å². The van der Waals surface area contributed by atoms with Gasteiger partial charge in [-0.3, -0.25) is 0 Å². The Balaban J connectivity index is 2.60. The molecule has 1 aromatic rings. The zero-order valence-corrected chi connectivity index (χ0v) is 7.79. The lowest BCUT2D eigenvalue weighted by Crippen LogP contribution is -2.03. The average molecular weight is 195 g/mol. The highest BCUT2D eigenvalue weighted by Gasteiger charge is 2.20. The Kier molecular flexibility index (Phi) is 2.41. The standard InChI is InChI=1S/C10H13NO3/c11-10-7(3-13)1-6(2-12)8-4-14-5-9(8)10/h1,12-13H,2-5,11H2. The van der Waals surface area contributed by atoms with Gasteiger partial charge in [0.15, 0.2) is 0 Å². The molecule has 0 atom stereocenters. The van der Waals surface area contributed by atoms with Crippen LogP contribution in [0.2, 0.25) is 0 Å². The zero-order valence-electron chi connectivity index (χ0n) is 7.79. The molecule has 14 heavy (non-hydrogen) atoms. The van der Waals surface area contributed by atoms with Crippen molar-refractivity contribution in [2.45, 2.75) is 26.4 Å². The van der Waals surface area contributed by atoms with Crippen LogP contribution in [0, 0.1) is 0 Å². The molecule has 4 nitrogen and oxygen atoms in total. The average Bonchev–Trinajstić information content (AvgIpc) is 2.68. The number of hydrogen-bond acceptors (Lipinski definition) is 4. The van der Waals surface area contributed by atoms with Crippen molar-refractivity contribution in [1.82, 2.24) is 0 Å². The molecular weight excluding hydrogens is 182 g/mol. The van der Waals surface area contributed by atoms with E-state index in [0.717, 1.165) is 16.7 Å². The van der Waals surface area contributed by atoms with Crippen molar-refractivity contribution >= 4 is 5.69 Å². The molecule has 0 aliphatic carbocycles. The monoisotopic (exact) mass is 195 g/mol. The van der Waals surface area contributed by atoms with Crippen LogP contribution in [-0.4, -0.2) is 10.2 Å². The molecule has 4 heteroatoms. The number of nitrogen functional groups attached to an aromatic ring is 1. The van der Waals surface area contributed by atoms with Crippen LogP contribution in [0.25, 0.3) is 0 Å². The zero-order chi connectivity index (χ0) is 10.1.